The Morgan fingerprint density at radius 2 is 1.83 bits per heavy atom. The molecule has 0 saturated carbocycles. The highest BCUT2D eigenvalue weighted by molar-refractivity contribution is 5.67. The van der Waals surface area contributed by atoms with Crippen molar-refractivity contribution in [1.29, 1.82) is 0 Å². The summed E-state index contributed by atoms with van der Waals surface area (Å²) in [6.07, 6.45) is 1.89. The summed E-state index contributed by atoms with van der Waals surface area (Å²) in [6, 6.07) is 4.21. The summed E-state index contributed by atoms with van der Waals surface area (Å²) >= 11 is 0. The van der Waals surface area contributed by atoms with Crippen LogP contribution < -0.4 is 15.1 Å². The smallest absolute Gasteiger partial charge is 0.152 e. The van der Waals surface area contributed by atoms with Crippen molar-refractivity contribution in [3.63, 3.8) is 0 Å². The van der Waals surface area contributed by atoms with Crippen LogP contribution in [0.4, 0.5) is 11.5 Å². The minimum atomic E-state index is 0.803. The Morgan fingerprint density at radius 3 is 2.61 bits per heavy atom. The first-order chi connectivity index (χ1) is 8.95. The quantitative estimate of drug-likeness (QED) is 0.816. The third kappa shape index (κ3) is 2.42. The van der Waals surface area contributed by atoms with Gasteiger partial charge in [0.1, 0.15) is 0 Å². The average Bonchev–Trinajstić information content (AvgIpc) is 2.49. The van der Waals surface area contributed by atoms with Gasteiger partial charge in [-0.05, 0) is 12.1 Å². The summed E-state index contributed by atoms with van der Waals surface area (Å²) in [5, 5.41) is 3.39. The molecule has 0 radical (unpaired) electrons. The number of hydrogen-bond donors (Lipinski definition) is 1. The summed E-state index contributed by atoms with van der Waals surface area (Å²) in [6.45, 7) is 7.71. The van der Waals surface area contributed by atoms with Crippen molar-refractivity contribution in [1.82, 2.24) is 10.3 Å². The van der Waals surface area contributed by atoms with E-state index in [9.17, 15) is 0 Å². The second-order valence-corrected chi connectivity index (χ2v) is 4.68. The molecule has 0 amide bonds. The number of nitrogens with one attached hydrogen (secondary N) is 1. The Balaban J connectivity index is 1.83. The standard InChI is InChI=1S/C13H20N4O/c1-2-12(16-6-4-14-5-7-16)13(15-3-1)17-8-10-18-11-9-17/h1-3,14H,4-11H2. The molecule has 1 aromatic rings. The van der Waals surface area contributed by atoms with E-state index in [-0.39, 0.29) is 0 Å². The molecule has 5 heteroatoms. The van der Waals surface area contributed by atoms with E-state index >= 15 is 0 Å². The number of anilines is 2. The Hall–Kier alpha value is -1.33. The Labute approximate surface area is 108 Å². The Morgan fingerprint density at radius 1 is 1.06 bits per heavy atom. The van der Waals surface area contributed by atoms with Gasteiger partial charge >= 0.3 is 0 Å². The SMILES string of the molecule is c1cnc(N2CCOCC2)c(N2CCNCC2)c1. The molecule has 0 bridgehead atoms. The number of pyridine rings is 1. The van der Waals surface area contributed by atoms with Gasteiger partial charge in [-0.3, -0.25) is 0 Å². The van der Waals surface area contributed by atoms with E-state index in [2.05, 4.69) is 26.2 Å². The van der Waals surface area contributed by atoms with Gasteiger partial charge in [0.25, 0.3) is 0 Å². The van der Waals surface area contributed by atoms with E-state index in [0.29, 0.717) is 0 Å². The molecule has 18 heavy (non-hydrogen) atoms. The summed E-state index contributed by atoms with van der Waals surface area (Å²) in [5.41, 5.74) is 1.26. The van der Waals surface area contributed by atoms with Crippen LogP contribution >= 0.6 is 0 Å². The van der Waals surface area contributed by atoms with Crippen molar-refractivity contribution < 1.29 is 4.74 Å². The van der Waals surface area contributed by atoms with Crippen LogP contribution in [-0.2, 0) is 4.74 Å². The first-order valence-electron chi connectivity index (χ1n) is 6.68. The van der Waals surface area contributed by atoms with Crippen molar-refractivity contribution in [3.8, 4) is 0 Å². The number of rotatable bonds is 2. The molecule has 98 valence electrons. The summed E-state index contributed by atoms with van der Waals surface area (Å²) in [5.74, 6) is 1.11. The van der Waals surface area contributed by atoms with Gasteiger partial charge in [-0.1, -0.05) is 0 Å². The van der Waals surface area contributed by atoms with Crippen LogP contribution in [0.1, 0.15) is 0 Å². The summed E-state index contributed by atoms with van der Waals surface area (Å²) in [4.78, 5) is 9.34. The lowest BCUT2D eigenvalue weighted by atomic mass is 10.2. The highest BCUT2D eigenvalue weighted by Gasteiger charge is 2.20. The van der Waals surface area contributed by atoms with E-state index in [1.807, 2.05) is 12.3 Å². The molecular formula is C13H20N4O. The fourth-order valence-electron chi connectivity index (χ4n) is 2.56. The van der Waals surface area contributed by atoms with Gasteiger partial charge in [-0.2, -0.15) is 0 Å². The second kappa shape index (κ2) is 5.54. The van der Waals surface area contributed by atoms with Crippen LogP contribution in [0.3, 0.4) is 0 Å². The van der Waals surface area contributed by atoms with Crippen molar-refractivity contribution in [2.24, 2.45) is 0 Å². The predicted octanol–water partition coefficient (Wildman–Crippen LogP) is 0.328. The number of nitrogens with zero attached hydrogens (tertiary/aromatic N) is 3. The van der Waals surface area contributed by atoms with Gasteiger partial charge in [-0.15, -0.1) is 0 Å². The summed E-state index contributed by atoms with van der Waals surface area (Å²) in [7, 11) is 0. The van der Waals surface area contributed by atoms with Gasteiger partial charge in [0.05, 0.1) is 18.9 Å². The van der Waals surface area contributed by atoms with Gasteiger partial charge in [0, 0.05) is 45.5 Å². The average molecular weight is 248 g/mol. The maximum atomic E-state index is 5.41. The van der Waals surface area contributed by atoms with Crippen LogP contribution in [0.15, 0.2) is 18.3 Å². The molecule has 1 N–H and O–H groups in total. The Bertz CT molecular complexity index is 349. The van der Waals surface area contributed by atoms with Gasteiger partial charge in [-0.25, -0.2) is 4.98 Å². The van der Waals surface area contributed by atoms with Crippen LogP contribution in [0, 0.1) is 0 Å². The summed E-state index contributed by atoms with van der Waals surface area (Å²) < 4.78 is 5.41. The molecule has 1 aromatic heterocycles. The first kappa shape index (κ1) is 11.7. The molecule has 2 aliphatic heterocycles. The molecule has 5 nitrogen and oxygen atoms in total. The molecule has 3 rings (SSSR count). The Kier molecular flexibility index (Phi) is 3.61. The third-order valence-corrected chi connectivity index (χ3v) is 3.53. The van der Waals surface area contributed by atoms with Crippen LogP contribution in [0.5, 0.6) is 0 Å². The third-order valence-electron chi connectivity index (χ3n) is 3.53. The van der Waals surface area contributed by atoms with E-state index in [4.69, 9.17) is 4.74 Å². The lowest BCUT2D eigenvalue weighted by Crippen LogP contribution is -2.45. The molecule has 0 spiro atoms. The fraction of sp³-hybridized carbons (Fsp3) is 0.615. The monoisotopic (exact) mass is 248 g/mol. The molecule has 0 aliphatic carbocycles. The molecule has 3 heterocycles. The van der Waals surface area contributed by atoms with Crippen molar-refractivity contribution in [2.75, 3.05) is 62.3 Å². The molecule has 2 aliphatic rings. The number of hydrogen-bond acceptors (Lipinski definition) is 5. The zero-order chi connectivity index (χ0) is 12.2. The molecule has 0 aromatic carbocycles. The first-order valence-corrected chi connectivity index (χ1v) is 6.68. The van der Waals surface area contributed by atoms with E-state index in [1.54, 1.807) is 0 Å². The zero-order valence-electron chi connectivity index (χ0n) is 10.6. The number of ether oxygens (including phenoxy) is 1. The fourth-order valence-corrected chi connectivity index (χ4v) is 2.56. The van der Waals surface area contributed by atoms with Crippen molar-refractivity contribution >= 4 is 11.5 Å². The second-order valence-electron chi connectivity index (χ2n) is 4.68. The van der Waals surface area contributed by atoms with Crippen LogP contribution in [-0.4, -0.2) is 57.5 Å². The van der Waals surface area contributed by atoms with Gasteiger partial charge < -0.3 is 19.9 Å². The lowest BCUT2D eigenvalue weighted by Gasteiger charge is -2.35. The number of aromatic nitrogens is 1. The normalized spacial score (nSPS) is 21.1. The zero-order valence-corrected chi connectivity index (χ0v) is 10.6. The van der Waals surface area contributed by atoms with Crippen LogP contribution in [0.25, 0.3) is 0 Å². The van der Waals surface area contributed by atoms with Gasteiger partial charge in [0.15, 0.2) is 5.82 Å². The van der Waals surface area contributed by atoms with Crippen LogP contribution in [0.2, 0.25) is 0 Å². The molecule has 0 atom stereocenters. The topological polar surface area (TPSA) is 40.6 Å². The number of morpholine rings is 1. The largest absolute Gasteiger partial charge is 0.378 e. The maximum absolute atomic E-state index is 5.41. The molecule has 0 unspecified atom stereocenters. The predicted molar refractivity (Wildman–Crippen MR) is 72.4 cm³/mol. The number of piperazine rings is 1. The van der Waals surface area contributed by atoms with E-state index < -0.39 is 0 Å². The lowest BCUT2D eigenvalue weighted by molar-refractivity contribution is 0.122. The highest BCUT2D eigenvalue weighted by atomic mass is 16.5. The van der Waals surface area contributed by atoms with Crippen molar-refractivity contribution in [3.05, 3.63) is 18.3 Å². The minimum Gasteiger partial charge on any atom is -0.378 e. The highest BCUT2D eigenvalue weighted by Crippen LogP contribution is 2.27. The molecular weight excluding hydrogens is 228 g/mol. The molecule has 2 fully saturated rings. The van der Waals surface area contributed by atoms with Gasteiger partial charge in [0.2, 0.25) is 0 Å². The van der Waals surface area contributed by atoms with Crippen molar-refractivity contribution in [2.45, 2.75) is 0 Å². The minimum absolute atomic E-state index is 0.803. The molecule has 2 saturated heterocycles. The van der Waals surface area contributed by atoms with E-state index in [0.717, 1.165) is 58.3 Å². The van der Waals surface area contributed by atoms with E-state index in [1.165, 1.54) is 5.69 Å². The maximum Gasteiger partial charge on any atom is 0.152 e.